The van der Waals surface area contributed by atoms with E-state index in [2.05, 4.69) is 0 Å². The monoisotopic (exact) mass is 233 g/mol. The van der Waals surface area contributed by atoms with Gasteiger partial charge in [0, 0.05) is 18.3 Å². The third kappa shape index (κ3) is 4.17. The zero-order valence-electron chi connectivity index (χ0n) is 8.89. The highest BCUT2D eigenvalue weighted by molar-refractivity contribution is 7.50. The second kappa shape index (κ2) is 6.56. The number of aliphatic hydroxyl groups is 1. The van der Waals surface area contributed by atoms with Gasteiger partial charge in [0.15, 0.2) is 8.38 Å². The van der Waals surface area contributed by atoms with Gasteiger partial charge >= 0.3 is 0 Å². The maximum absolute atomic E-state index is 9.44. The minimum atomic E-state index is -2.06. The van der Waals surface area contributed by atoms with Crippen LogP contribution in [0.1, 0.15) is 38.5 Å². The van der Waals surface area contributed by atoms with Crippen molar-refractivity contribution in [2.24, 2.45) is 5.73 Å². The average Bonchev–Trinajstić information content (AvgIpc) is 2.26. The standard InChI is InChI=1S/C10H20NO3P/c11-7-9(12)6-10(15(13)14)8-4-2-1-3-5-8/h9,12-14H,1-7,11H2/t9-/m1/s1. The van der Waals surface area contributed by atoms with Crippen molar-refractivity contribution in [3.63, 3.8) is 0 Å². The Morgan fingerprint density at radius 2 is 1.87 bits per heavy atom. The van der Waals surface area contributed by atoms with Gasteiger partial charge in [-0.25, -0.2) is 0 Å². The first-order chi connectivity index (χ1) is 7.15. The summed E-state index contributed by atoms with van der Waals surface area (Å²) in [4.78, 5) is 18.6. The topological polar surface area (TPSA) is 86.7 Å². The van der Waals surface area contributed by atoms with Crippen molar-refractivity contribution in [2.45, 2.75) is 44.6 Å². The highest BCUT2D eigenvalue weighted by Gasteiger charge is 2.19. The van der Waals surface area contributed by atoms with Gasteiger partial charge in [-0.2, -0.15) is 0 Å². The van der Waals surface area contributed by atoms with Crippen LogP contribution in [0.2, 0.25) is 0 Å². The predicted molar refractivity (Wildman–Crippen MR) is 61.1 cm³/mol. The molecule has 0 amide bonds. The van der Waals surface area contributed by atoms with Gasteiger partial charge in [-0.3, -0.25) is 0 Å². The second-order valence-electron chi connectivity index (χ2n) is 3.99. The average molecular weight is 233 g/mol. The smallest absolute Gasteiger partial charge is 0.195 e. The molecule has 0 saturated heterocycles. The summed E-state index contributed by atoms with van der Waals surface area (Å²) >= 11 is 0. The molecule has 88 valence electrons. The molecule has 0 unspecified atom stereocenters. The number of allylic oxidation sites excluding steroid dienone is 1. The Balaban J connectivity index is 2.70. The molecule has 5 N–H and O–H groups in total. The number of hydrogen-bond donors (Lipinski definition) is 4. The molecule has 0 bridgehead atoms. The fraction of sp³-hybridized carbons (Fsp3) is 0.800. The lowest BCUT2D eigenvalue weighted by Gasteiger charge is -2.21. The fourth-order valence-corrected chi connectivity index (χ4v) is 2.82. The van der Waals surface area contributed by atoms with Crippen LogP contribution in [0.4, 0.5) is 0 Å². The summed E-state index contributed by atoms with van der Waals surface area (Å²) in [5.74, 6) is 0. The van der Waals surface area contributed by atoms with Crippen molar-refractivity contribution < 1.29 is 14.9 Å². The third-order valence-corrected chi connectivity index (χ3v) is 3.79. The number of rotatable bonds is 4. The lowest BCUT2D eigenvalue weighted by molar-refractivity contribution is 0.184. The molecule has 15 heavy (non-hydrogen) atoms. The lowest BCUT2D eigenvalue weighted by Crippen LogP contribution is -2.20. The summed E-state index contributed by atoms with van der Waals surface area (Å²) in [5, 5.41) is 10.1. The van der Waals surface area contributed by atoms with Crippen molar-refractivity contribution in [2.75, 3.05) is 6.54 Å². The van der Waals surface area contributed by atoms with Crippen LogP contribution in [0.15, 0.2) is 10.9 Å². The van der Waals surface area contributed by atoms with Crippen molar-refractivity contribution >= 4 is 8.38 Å². The highest BCUT2D eigenvalue weighted by atomic mass is 31.2. The Bertz CT molecular complexity index is 223. The zero-order valence-corrected chi connectivity index (χ0v) is 9.79. The Morgan fingerprint density at radius 1 is 1.27 bits per heavy atom. The molecule has 0 aromatic heterocycles. The normalized spacial score (nSPS) is 19.4. The number of aliphatic hydroxyl groups excluding tert-OH is 1. The molecule has 0 spiro atoms. The van der Waals surface area contributed by atoms with Crippen LogP contribution in [0, 0.1) is 0 Å². The Hall–Kier alpha value is 0.01000. The predicted octanol–water partition coefficient (Wildman–Crippen LogP) is 1.21. The molecule has 1 fully saturated rings. The quantitative estimate of drug-likeness (QED) is 0.550. The van der Waals surface area contributed by atoms with Gasteiger partial charge in [0.05, 0.1) is 6.10 Å². The summed E-state index contributed by atoms with van der Waals surface area (Å²) in [7, 11) is -2.06. The molecule has 1 aliphatic rings. The van der Waals surface area contributed by atoms with Crippen LogP contribution < -0.4 is 5.73 Å². The summed E-state index contributed by atoms with van der Waals surface area (Å²) in [6, 6.07) is 0. The molecular formula is C10H20NO3P. The summed E-state index contributed by atoms with van der Waals surface area (Å²) in [6.07, 6.45) is 4.97. The molecule has 1 aliphatic carbocycles. The minimum absolute atomic E-state index is 0.167. The number of nitrogens with two attached hydrogens (primary N) is 1. The van der Waals surface area contributed by atoms with E-state index in [1.54, 1.807) is 0 Å². The maximum Gasteiger partial charge on any atom is 0.195 e. The molecule has 1 rings (SSSR count). The van der Waals surface area contributed by atoms with Gasteiger partial charge < -0.3 is 20.6 Å². The Morgan fingerprint density at radius 3 is 2.33 bits per heavy atom. The van der Waals surface area contributed by atoms with E-state index in [0.29, 0.717) is 11.7 Å². The molecule has 1 atom stereocenters. The molecule has 1 saturated carbocycles. The molecular weight excluding hydrogens is 213 g/mol. The summed E-state index contributed by atoms with van der Waals surface area (Å²) in [6.45, 7) is 0.167. The van der Waals surface area contributed by atoms with Crippen LogP contribution in [0.5, 0.6) is 0 Å². The van der Waals surface area contributed by atoms with E-state index in [1.807, 2.05) is 0 Å². The van der Waals surface area contributed by atoms with E-state index in [0.717, 1.165) is 31.3 Å². The van der Waals surface area contributed by atoms with Crippen molar-refractivity contribution in [1.82, 2.24) is 0 Å². The molecule has 0 aromatic carbocycles. The maximum atomic E-state index is 9.44. The van der Waals surface area contributed by atoms with Crippen molar-refractivity contribution in [3.8, 4) is 0 Å². The molecule has 5 heteroatoms. The fourth-order valence-electron chi connectivity index (χ4n) is 1.94. The zero-order chi connectivity index (χ0) is 11.3. The second-order valence-corrected chi connectivity index (χ2v) is 5.11. The SMILES string of the molecule is NC[C@H](O)CC(=C1CCCCC1)P(O)O. The van der Waals surface area contributed by atoms with Crippen molar-refractivity contribution in [1.29, 1.82) is 0 Å². The van der Waals surface area contributed by atoms with E-state index < -0.39 is 14.5 Å². The van der Waals surface area contributed by atoms with E-state index in [1.165, 1.54) is 6.42 Å². The van der Waals surface area contributed by atoms with E-state index in [4.69, 9.17) is 5.73 Å². The first-order valence-electron chi connectivity index (χ1n) is 5.42. The summed E-state index contributed by atoms with van der Waals surface area (Å²) < 4.78 is 0. The first-order valence-corrected chi connectivity index (χ1v) is 6.66. The number of hydrogen-bond acceptors (Lipinski definition) is 4. The van der Waals surface area contributed by atoms with Gasteiger partial charge in [0.2, 0.25) is 0 Å². The van der Waals surface area contributed by atoms with E-state index >= 15 is 0 Å². The van der Waals surface area contributed by atoms with Gasteiger partial charge in [0.1, 0.15) is 0 Å². The summed E-state index contributed by atoms with van der Waals surface area (Å²) in [5.41, 5.74) is 6.45. The van der Waals surface area contributed by atoms with Gasteiger partial charge in [-0.05, 0) is 25.7 Å². The van der Waals surface area contributed by atoms with Gasteiger partial charge in [0.25, 0.3) is 0 Å². The Kier molecular flexibility index (Phi) is 5.72. The van der Waals surface area contributed by atoms with Gasteiger partial charge in [-0.15, -0.1) is 0 Å². The molecule has 0 aromatic rings. The van der Waals surface area contributed by atoms with E-state index in [-0.39, 0.29) is 6.54 Å². The molecule has 0 radical (unpaired) electrons. The van der Waals surface area contributed by atoms with Crippen LogP contribution >= 0.6 is 8.38 Å². The van der Waals surface area contributed by atoms with Crippen LogP contribution in [-0.4, -0.2) is 27.5 Å². The molecule has 0 aliphatic heterocycles. The van der Waals surface area contributed by atoms with Crippen molar-refractivity contribution in [3.05, 3.63) is 10.9 Å². The van der Waals surface area contributed by atoms with E-state index in [9.17, 15) is 14.9 Å². The largest absolute Gasteiger partial charge is 0.391 e. The molecule has 0 heterocycles. The molecule has 4 nitrogen and oxygen atoms in total. The Labute approximate surface area is 91.7 Å². The van der Waals surface area contributed by atoms with Crippen LogP contribution in [0.3, 0.4) is 0 Å². The third-order valence-electron chi connectivity index (χ3n) is 2.81. The van der Waals surface area contributed by atoms with Crippen LogP contribution in [0.25, 0.3) is 0 Å². The highest BCUT2D eigenvalue weighted by Crippen LogP contribution is 2.44. The van der Waals surface area contributed by atoms with Crippen LogP contribution in [-0.2, 0) is 0 Å². The lowest BCUT2D eigenvalue weighted by atomic mass is 9.93. The minimum Gasteiger partial charge on any atom is -0.391 e. The van der Waals surface area contributed by atoms with Gasteiger partial charge in [-0.1, -0.05) is 12.0 Å². The first kappa shape index (κ1) is 13.1.